The van der Waals surface area contributed by atoms with Gasteiger partial charge in [0.25, 0.3) is 11.8 Å². The normalized spacial score (nSPS) is 18.5. The van der Waals surface area contributed by atoms with Gasteiger partial charge in [0.1, 0.15) is 11.3 Å². The van der Waals surface area contributed by atoms with Gasteiger partial charge in [0.05, 0.1) is 6.61 Å². The molecular formula is C22H25N3O4. The highest BCUT2D eigenvalue weighted by Gasteiger charge is 2.52. The van der Waals surface area contributed by atoms with Crippen molar-refractivity contribution in [1.82, 2.24) is 15.8 Å². The van der Waals surface area contributed by atoms with Crippen LogP contribution in [-0.4, -0.2) is 29.5 Å². The van der Waals surface area contributed by atoms with Crippen molar-refractivity contribution >= 4 is 17.8 Å². The first-order valence-corrected chi connectivity index (χ1v) is 9.78. The lowest BCUT2D eigenvalue weighted by atomic mass is 9.87. The first-order valence-electron chi connectivity index (χ1n) is 9.78. The Morgan fingerprint density at radius 3 is 2.38 bits per heavy atom. The summed E-state index contributed by atoms with van der Waals surface area (Å²) in [4.78, 5) is 38.1. The Hall–Kier alpha value is -3.35. The number of carbonyl (C=O) groups excluding carboxylic acids is 3. The van der Waals surface area contributed by atoms with E-state index >= 15 is 0 Å². The molecular weight excluding hydrogens is 370 g/mol. The molecule has 29 heavy (non-hydrogen) atoms. The molecule has 0 radical (unpaired) electrons. The molecule has 1 heterocycles. The second-order valence-corrected chi connectivity index (χ2v) is 6.86. The molecule has 7 nitrogen and oxygen atoms in total. The van der Waals surface area contributed by atoms with Crippen molar-refractivity contribution in [1.29, 1.82) is 0 Å². The number of rotatable bonds is 8. The molecule has 1 aliphatic heterocycles. The lowest BCUT2D eigenvalue weighted by Crippen LogP contribution is -2.48. The van der Waals surface area contributed by atoms with Crippen LogP contribution < -0.4 is 15.5 Å². The summed E-state index contributed by atoms with van der Waals surface area (Å²) in [5, 5.41) is 3.49. The third kappa shape index (κ3) is 4.08. The minimum absolute atomic E-state index is 0.321. The molecule has 7 heteroatoms. The summed E-state index contributed by atoms with van der Waals surface area (Å²) in [6.45, 7) is 4.51. The molecule has 0 spiro atoms. The largest absolute Gasteiger partial charge is 0.494 e. The molecule has 0 unspecified atom stereocenters. The molecule has 2 aromatic carbocycles. The molecule has 2 N–H and O–H groups in total. The fourth-order valence-electron chi connectivity index (χ4n) is 3.24. The van der Waals surface area contributed by atoms with Gasteiger partial charge in [0.15, 0.2) is 0 Å². The minimum atomic E-state index is -1.19. The average molecular weight is 395 g/mol. The Kier molecular flexibility index (Phi) is 6.16. The average Bonchev–Trinajstić information content (AvgIpc) is 3.00. The van der Waals surface area contributed by atoms with Crippen molar-refractivity contribution in [2.45, 2.75) is 38.6 Å². The van der Waals surface area contributed by atoms with Gasteiger partial charge in [-0.15, -0.1) is 0 Å². The number of hydrogen-bond donors (Lipinski definition) is 2. The molecule has 0 bridgehead atoms. The Bertz CT molecular complexity index is 883. The summed E-state index contributed by atoms with van der Waals surface area (Å²) in [5.41, 5.74) is 2.22. The van der Waals surface area contributed by atoms with Crippen molar-refractivity contribution in [2.24, 2.45) is 0 Å². The fourth-order valence-corrected chi connectivity index (χ4v) is 3.24. The van der Waals surface area contributed by atoms with Crippen LogP contribution >= 0.6 is 0 Å². The van der Waals surface area contributed by atoms with Gasteiger partial charge in [-0.1, -0.05) is 50.6 Å². The lowest BCUT2D eigenvalue weighted by molar-refractivity contribution is -0.133. The SMILES string of the molecule is CCCCOc1ccc(C(=O)NN2C(=O)N[C@](CC)(c3ccccc3)C2=O)cc1. The number of nitrogens with zero attached hydrogens (tertiary/aromatic N) is 1. The van der Waals surface area contributed by atoms with Crippen molar-refractivity contribution in [2.75, 3.05) is 6.61 Å². The van der Waals surface area contributed by atoms with Crippen molar-refractivity contribution in [3.8, 4) is 5.75 Å². The van der Waals surface area contributed by atoms with Crippen LogP contribution in [0.15, 0.2) is 54.6 Å². The van der Waals surface area contributed by atoms with Gasteiger partial charge in [-0.25, -0.2) is 4.79 Å². The highest BCUT2D eigenvalue weighted by Crippen LogP contribution is 2.31. The minimum Gasteiger partial charge on any atom is -0.494 e. The van der Waals surface area contributed by atoms with E-state index in [-0.39, 0.29) is 0 Å². The molecule has 1 fully saturated rings. The second-order valence-electron chi connectivity index (χ2n) is 6.86. The number of unbranched alkanes of at least 4 members (excludes halogenated alkanes) is 1. The summed E-state index contributed by atoms with van der Waals surface area (Å²) in [6, 6.07) is 14.9. The van der Waals surface area contributed by atoms with E-state index in [4.69, 9.17) is 4.74 Å². The highest BCUT2D eigenvalue weighted by molar-refractivity contribution is 6.09. The Morgan fingerprint density at radius 2 is 1.76 bits per heavy atom. The lowest BCUT2D eigenvalue weighted by Gasteiger charge is -2.25. The number of carbonyl (C=O) groups is 3. The molecule has 2 aromatic rings. The van der Waals surface area contributed by atoms with E-state index in [1.807, 2.05) is 13.0 Å². The zero-order valence-electron chi connectivity index (χ0n) is 16.6. The van der Waals surface area contributed by atoms with Crippen molar-refractivity contribution in [3.05, 3.63) is 65.7 Å². The van der Waals surface area contributed by atoms with Gasteiger partial charge in [0, 0.05) is 5.56 Å². The monoisotopic (exact) mass is 395 g/mol. The first kappa shape index (κ1) is 20.4. The summed E-state index contributed by atoms with van der Waals surface area (Å²) in [6.07, 6.45) is 2.35. The number of ether oxygens (including phenoxy) is 1. The predicted octanol–water partition coefficient (Wildman–Crippen LogP) is 3.37. The van der Waals surface area contributed by atoms with Gasteiger partial charge in [-0.3, -0.25) is 15.0 Å². The highest BCUT2D eigenvalue weighted by atomic mass is 16.5. The number of hydrogen-bond acceptors (Lipinski definition) is 4. The van der Waals surface area contributed by atoms with Crippen LogP contribution in [0.2, 0.25) is 0 Å². The molecule has 1 atom stereocenters. The summed E-state index contributed by atoms with van der Waals surface area (Å²) in [5.74, 6) is -0.392. The first-order chi connectivity index (χ1) is 14.0. The van der Waals surface area contributed by atoms with E-state index in [2.05, 4.69) is 17.7 Å². The quantitative estimate of drug-likeness (QED) is 0.530. The molecule has 0 saturated carbocycles. The van der Waals surface area contributed by atoms with Crippen molar-refractivity contribution in [3.63, 3.8) is 0 Å². The summed E-state index contributed by atoms with van der Waals surface area (Å²) >= 11 is 0. The number of imide groups is 1. The number of nitrogens with one attached hydrogen (secondary N) is 2. The van der Waals surface area contributed by atoms with E-state index in [9.17, 15) is 14.4 Å². The topological polar surface area (TPSA) is 87.7 Å². The summed E-state index contributed by atoms with van der Waals surface area (Å²) in [7, 11) is 0. The zero-order chi connectivity index (χ0) is 20.9. The molecule has 0 aromatic heterocycles. The third-order valence-electron chi connectivity index (χ3n) is 4.98. The van der Waals surface area contributed by atoms with Crippen LogP contribution in [0.25, 0.3) is 0 Å². The Morgan fingerprint density at radius 1 is 1.07 bits per heavy atom. The standard InChI is InChI=1S/C22H25N3O4/c1-3-5-15-29-18-13-11-16(12-14-18)19(26)24-25-20(27)22(4-2,23-21(25)28)17-9-7-6-8-10-17/h6-14H,3-5,15H2,1-2H3,(H,23,28)(H,24,26)/t22-/m1/s1. The van der Waals surface area contributed by atoms with Crippen LogP contribution in [-0.2, 0) is 10.3 Å². The molecule has 0 aliphatic carbocycles. The predicted molar refractivity (Wildman–Crippen MR) is 108 cm³/mol. The second kappa shape index (κ2) is 8.77. The molecule has 1 saturated heterocycles. The van der Waals surface area contributed by atoms with Gasteiger partial charge in [0.2, 0.25) is 0 Å². The Labute approximate surface area is 170 Å². The van der Waals surface area contributed by atoms with Crippen LogP contribution in [0, 0.1) is 0 Å². The van der Waals surface area contributed by atoms with E-state index in [0.717, 1.165) is 17.9 Å². The van der Waals surface area contributed by atoms with Crippen LogP contribution in [0.1, 0.15) is 49.0 Å². The van der Waals surface area contributed by atoms with E-state index in [1.165, 1.54) is 0 Å². The number of hydrazine groups is 1. The molecule has 3 rings (SSSR count). The van der Waals surface area contributed by atoms with Crippen LogP contribution in [0.4, 0.5) is 4.79 Å². The Balaban J connectivity index is 1.72. The smallest absolute Gasteiger partial charge is 0.344 e. The van der Waals surface area contributed by atoms with E-state index < -0.39 is 23.4 Å². The third-order valence-corrected chi connectivity index (χ3v) is 4.98. The molecule has 152 valence electrons. The van der Waals surface area contributed by atoms with Gasteiger partial charge in [-0.05, 0) is 42.7 Å². The van der Waals surface area contributed by atoms with E-state index in [1.54, 1.807) is 48.5 Å². The van der Waals surface area contributed by atoms with Gasteiger partial charge >= 0.3 is 6.03 Å². The summed E-state index contributed by atoms with van der Waals surface area (Å²) < 4.78 is 5.58. The van der Waals surface area contributed by atoms with E-state index in [0.29, 0.717) is 29.9 Å². The van der Waals surface area contributed by atoms with Gasteiger partial charge in [-0.2, -0.15) is 5.01 Å². The van der Waals surface area contributed by atoms with Crippen LogP contribution in [0.5, 0.6) is 5.75 Å². The van der Waals surface area contributed by atoms with Crippen molar-refractivity contribution < 1.29 is 19.1 Å². The van der Waals surface area contributed by atoms with Crippen LogP contribution in [0.3, 0.4) is 0 Å². The zero-order valence-corrected chi connectivity index (χ0v) is 16.6. The maximum Gasteiger partial charge on any atom is 0.344 e. The van der Waals surface area contributed by atoms with Gasteiger partial charge < -0.3 is 10.1 Å². The fraction of sp³-hybridized carbons (Fsp3) is 0.318. The number of benzene rings is 2. The number of urea groups is 1. The molecule has 4 amide bonds. The molecule has 1 aliphatic rings. The maximum atomic E-state index is 13.0. The maximum absolute atomic E-state index is 13.0. The number of amides is 4.